The van der Waals surface area contributed by atoms with Crippen molar-refractivity contribution < 1.29 is 13.9 Å². The van der Waals surface area contributed by atoms with E-state index in [0.717, 1.165) is 19.3 Å². The largest absolute Gasteiger partial charge is 0.496 e. The predicted octanol–water partition coefficient (Wildman–Crippen LogP) is 2.86. The van der Waals surface area contributed by atoms with Gasteiger partial charge in [0.15, 0.2) is 0 Å². The van der Waals surface area contributed by atoms with Gasteiger partial charge < -0.3 is 4.74 Å². The van der Waals surface area contributed by atoms with Gasteiger partial charge in [0.05, 0.1) is 7.11 Å². The van der Waals surface area contributed by atoms with Gasteiger partial charge in [-0.2, -0.15) is 4.99 Å². The molecule has 4 heteroatoms. The van der Waals surface area contributed by atoms with Crippen LogP contribution in [-0.2, 0) is 10.3 Å². The molecule has 1 aromatic carbocycles. The lowest BCUT2D eigenvalue weighted by molar-refractivity contribution is 0.243. The zero-order valence-corrected chi connectivity index (χ0v) is 9.92. The Morgan fingerprint density at radius 2 is 2.18 bits per heavy atom. The standard InChI is InChI=1S/C13H14FNO2/c1-9-10(14)4-5-11(17-2)12(9)13(15-8-16)6-3-7-13/h4-5H,3,6-7H2,1-2H3. The summed E-state index contributed by atoms with van der Waals surface area (Å²) in [5.41, 5.74) is 0.567. The smallest absolute Gasteiger partial charge is 0.235 e. The summed E-state index contributed by atoms with van der Waals surface area (Å²) in [6, 6.07) is 2.95. The minimum atomic E-state index is -0.626. The van der Waals surface area contributed by atoms with Crippen molar-refractivity contribution in [3.8, 4) is 5.75 Å². The highest BCUT2D eigenvalue weighted by molar-refractivity contribution is 5.49. The molecule has 1 aromatic rings. The van der Waals surface area contributed by atoms with E-state index in [9.17, 15) is 9.18 Å². The van der Waals surface area contributed by atoms with Gasteiger partial charge in [0.1, 0.15) is 17.1 Å². The van der Waals surface area contributed by atoms with Crippen molar-refractivity contribution in [3.63, 3.8) is 0 Å². The second-order valence-corrected chi connectivity index (χ2v) is 4.34. The summed E-state index contributed by atoms with van der Waals surface area (Å²) in [6.07, 6.45) is 4.06. The molecule has 3 nitrogen and oxygen atoms in total. The molecule has 0 aliphatic heterocycles. The molecule has 0 saturated heterocycles. The van der Waals surface area contributed by atoms with Gasteiger partial charge in [0.25, 0.3) is 0 Å². The summed E-state index contributed by atoms with van der Waals surface area (Å²) in [5, 5.41) is 0. The molecule has 0 spiro atoms. The van der Waals surface area contributed by atoms with Crippen molar-refractivity contribution >= 4 is 6.08 Å². The number of methoxy groups -OCH3 is 1. The second-order valence-electron chi connectivity index (χ2n) is 4.34. The van der Waals surface area contributed by atoms with E-state index in [1.54, 1.807) is 19.1 Å². The van der Waals surface area contributed by atoms with Crippen LogP contribution >= 0.6 is 0 Å². The molecule has 1 saturated carbocycles. The quantitative estimate of drug-likeness (QED) is 0.597. The minimum Gasteiger partial charge on any atom is -0.496 e. The van der Waals surface area contributed by atoms with Gasteiger partial charge in [-0.05, 0) is 43.9 Å². The first-order valence-electron chi connectivity index (χ1n) is 5.57. The average molecular weight is 235 g/mol. The van der Waals surface area contributed by atoms with Crippen LogP contribution < -0.4 is 4.74 Å². The fourth-order valence-corrected chi connectivity index (χ4v) is 2.43. The Bertz CT molecular complexity index is 488. The van der Waals surface area contributed by atoms with Gasteiger partial charge in [0, 0.05) is 5.56 Å². The maximum atomic E-state index is 13.6. The van der Waals surface area contributed by atoms with Crippen LogP contribution in [0.5, 0.6) is 5.75 Å². The Balaban J connectivity index is 2.63. The predicted molar refractivity (Wildman–Crippen MR) is 61.3 cm³/mol. The third kappa shape index (κ3) is 1.75. The summed E-state index contributed by atoms with van der Waals surface area (Å²) < 4.78 is 18.9. The fourth-order valence-electron chi connectivity index (χ4n) is 2.43. The number of rotatable bonds is 3. The molecule has 1 fully saturated rings. The number of ether oxygens (including phenoxy) is 1. The van der Waals surface area contributed by atoms with Crippen LogP contribution in [0.4, 0.5) is 4.39 Å². The number of halogens is 1. The van der Waals surface area contributed by atoms with Crippen molar-refractivity contribution in [2.24, 2.45) is 4.99 Å². The van der Waals surface area contributed by atoms with Crippen molar-refractivity contribution in [2.45, 2.75) is 31.7 Å². The normalized spacial score (nSPS) is 16.9. The van der Waals surface area contributed by atoms with E-state index in [-0.39, 0.29) is 5.82 Å². The van der Waals surface area contributed by atoms with E-state index in [2.05, 4.69) is 4.99 Å². The molecule has 0 bridgehead atoms. The number of hydrogen-bond donors (Lipinski definition) is 0. The maximum Gasteiger partial charge on any atom is 0.235 e. The van der Waals surface area contributed by atoms with Crippen LogP contribution in [0.2, 0.25) is 0 Å². The van der Waals surface area contributed by atoms with Crippen molar-refractivity contribution in [3.05, 3.63) is 29.1 Å². The summed E-state index contributed by atoms with van der Waals surface area (Å²) in [4.78, 5) is 14.4. The SMILES string of the molecule is COc1ccc(F)c(C)c1C1(N=C=O)CCC1. The van der Waals surface area contributed by atoms with Crippen LogP contribution in [-0.4, -0.2) is 13.2 Å². The second kappa shape index (κ2) is 4.30. The van der Waals surface area contributed by atoms with Crippen LogP contribution in [0.25, 0.3) is 0 Å². The van der Waals surface area contributed by atoms with Crippen LogP contribution in [0.15, 0.2) is 17.1 Å². The molecule has 0 radical (unpaired) electrons. The van der Waals surface area contributed by atoms with Gasteiger partial charge in [-0.3, -0.25) is 0 Å². The molecule has 0 aromatic heterocycles. The van der Waals surface area contributed by atoms with E-state index in [1.807, 2.05) is 0 Å². The number of benzene rings is 1. The van der Waals surface area contributed by atoms with E-state index in [4.69, 9.17) is 4.74 Å². The highest BCUT2D eigenvalue weighted by Gasteiger charge is 2.42. The fraction of sp³-hybridized carbons (Fsp3) is 0.462. The van der Waals surface area contributed by atoms with Gasteiger partial charge in [-0.25, -0.2) is 9.18 Å². The molecule has 0 atom stereocenters. The van der Waals surface area contributed by atoms with E-state index < -0.39 is 5.54 Å². The monoisotopic (exact) mass is 235 g/mol. The minimum absolute atomic E-state index is 0.298. The third-order valence-corrected chi connectivity index (χ3v) is 3.49. The number of nitrogens with zero attached hydrogens (tertiary/aromatic N) is 1. The van der Waals surface area contributed by atoms with E-state index in [0.29, 0.717) is 16.9 Å². The number of hydrogen-bond acceptors (Lipinski definition) is 3. The first kappa shape index (κ1) is 11.8. The molecule has 0 heterocycles. The first-order valence-corrected chi connectivity index (χ1v) is 5.57. The molecule has 0 amide bonds. The third-order valence-electron chi connectivity index (χ3n) is 3.49. The Morgan fingerprint density at radius 3 is 2.65 bits per heavy atom. The zero-order valence-electron chi connectivity index (χ0n) is 9.92. The zero-order chi connectivity index (χ0) is 12.5. The van der Waals surface area contributed by atoms with Crippen LogP contribution in [0, 0.1) is 12.7 Å². The maximum absolute atomic E-state index is 13.6. The molecule has 0 unspecified atom stereocenters. The number of aliphatic imine (C=N–C) groups is 1. The number of isocyanates is 1. The Hall–Kier alpha value is -1.67. The summed E-state index contributed by atoms with van der Waals surface area (Å²) in [7, 11) is 1.53. The highest BCUT2D eigenvalue weighted by Crippen LogP contribution is 2.49. The summed E-state index contributed by atoms with van der Waals surface area (Å²) in [5.74, 6) is 0.288. The summed E-state index contributed by atoms with van der Waals surface area (Å²) in [6.45, 7) is 1.69. The van der Waals surface area contributed by atoms with E-state index >= 15 is 0 Å². The topological polar surface area (TPSA) is 38.7 Å². The van der Waals surface area contributed by atoms with Gasteiger partial charge in [-0.15, -0.1) is 0 Å². The lowest BCUT2D eigenvalue weighted by Gasteiger charge is -2.38. The number of carbonyl (C=O) groups excluding carboxylic acids is 1. The Kier molecular flexibility index (Phi) is 2.99. The molecular weight excluding hydrogens is 221 g/mol. The van der Waals surface area contributed by atoms with Crippen LogP contribution in [0.1, 0.15) is 30.4 Å². The molecule has 2 rings (SSSR count). The molecular formula is C13H14FNO2. The lowest BCUT2D eigenvalue weighted by atomic mass is 9.70. The van der Waals surface area contributed by atoms with Crippen LogP contribution in [0.3, 0.4) is 0 Å². The highest BCUT2D eigenvalue weighted by atomic mass is 19.1. The lowest BCUT2D eigenvalue weighted by Crippen LogP contribution is -2.33. The molecule has 1 aliphatic rings. The van der Waals surface area contributed by atoms with Crippen molar-refractivity contribution in [1.29, 1.82) is 0 Å². The average Bonchev–Trinajstić information content (AvgIpc) is 2.28. The van der Waals surface area contributed by atoms with Gasteiger partial charge >= 0.3 is 0 Å². The molecule has 17 heavy (non-hydrogen) atoms. The van der Waals surface area contributed by atoms with Crippen molar-refractivity contribution in [2.75, 3.05) is 7.11 Å². The molecule has 0 N–H and O–H groups in total. The molecule has 1 aliphatic carbocycles. The van der Waals surface area contributed by atoms with Gasteiger partial charge in [-0.1, -0.05) is 0 Å². The van der Waals surface area contributed by atoms with E-state index in [1.165, 1.54) is 13.2 Å². The van der Waals surface area contributed by atoms with Gasteiger partial charge in [0.2, 0.25) is 6.08 Å². The van der Waals surface area contributed by atoms with Crippen molar-refractivity contribution in [1.82, 2.24) is 0 Å². The Labute approximate surface area is 99.3 Å². The molecule has 90 valence electrons. The first-order chi connectivity index (χ1) is 8.14. The summed E-state index contributed by atoms with van der Waals surface area (Å²) >= 11 is 0. The Morgan fingerprint density at radius 1 is 1.47 bits per heavy atom.